The first kappa shape index (κ1) is 13.4. The second kappa shape index (κ2) is 6.76. The molecule has 0 bridgehead atoms. The zero-order valence-corrected chi connectivity index (χ0v) is 11.0. The Balaban J connectivity index is 1.85. The van der Waals surface area contributed by atoms with Gasteiger partial charge in [0.05, 0.1) is 12.7 Å². The number of benzene rings is 1. The molecule has 1 N–H and O–H groups in total. The first-order valence-corrected chi connectivity index (χ1v) is 6.69. The fourth-order valence-corrected chi connectivity index (χ4v) is 2.11. The second-order valence-electron chi connectivity index (χ2n) is 4.89. The molecule has 1 aliphatic carbocycles. The van der Waals surface area contributed by atoms with Gasteiger partial charge in [-0.3, -0.25) is 0 Å². The number of hydrogen-bond donors (Lipinski definition) is 1. The first-order chi connectivity index (χ1) is 8.81. The van der Waals surface area contributed by atoms with Crippen molar-refractivity contribution in [3.63, 3.8) is 0 Å². The lowest BCUT2D eigenvalue weighted by Gasteiger charge is -2.13. The van der Waals surface area contributed by atoms with Gasteiger partial charge in [0.15, 0.2) is 0 Å². The summed E-state index contributed by atoms with van der Waals surface area (Å²) in [5, 5.41) is 9.89. The molecule has 1 saturated carbocycles. The number of aliphatic hydroxyl groups excluding tert-OH is 1. The van der Waals surface area contributed by atoms with Crippen LogP contribution >= 0.6 is 0 Å². The van der Waals surface area contributed by atoms with Crippen molar-refractivity contribution < 1.29 is 14.6 Å². The molecule has 0 radical (unpaired) electrons. The Morgan fingerprint density at radius 3 is 2.78 bits per heavy atom. The average Bonchev–Trinajstić information content (AvgIpc) is 3.22. The van der Waals surface area contributed by atoms with Gasteiger partial charge < -0.3 is 14.6 Å². The van der Waals surface area contributed by atoms with Crippen LogP contribution in [0.2, 0.25) is 0 Å². The third-order valence-corrected chi connectivity index (χ3v) is 3.39. The summed E-state index contributed by atoms with van der Waals surface area (Å²) in [5.41, 5.74) is 1.17. The number of aliphatic hydroxyl groups is 1. The van der Waals surface area contributed by atoms with Crippen LogP contribution in [0.25, 0.3) is 0 Å². The standard InChI is InChI=1S/C15H22O3/c1-17-10-11-18-15-5-3-2-4-13(15)8-9-14(16)12-6-7-12/h2-5,12,14,16H,6-11H2,1H3. The van der Waals surface area contributed by atoms with Gasteiger partial charge in [0.2, 0.25) is 0 Å². The van der Waals surface area contributed by atoms with Gasteiger partial charge in [-0.25, -0.2) is 0 Å². The summed E-state index contributed by atoms with van der Waals surface area (Å²) in [6.45, 7) is 1.16. The lowest BCUT2D eigenvalue weighted by Crippen LogP contribution is -2.11. The fraction of sp³-hybridized carbons (Fsp3) is 0.600. The summed E-state index contributed by atoms with van der Waals surface area (Å²) in [6.07, 6.45) is 3.94. The minimum absolute atomic E-state index is 0.142. The first-order valence-electron chi connectivity index (χ1n) is 6.69. The Kier molecular flexibility index (Phi) is 5.02. The number of methoxy groups -OCH3 is 1. The molecular weight excluding hydrogens is 228 g/mol. The molecule has 100 valence electrons. The topological polar surface area (TPSA) is 38.7 Å². The van der Waals surface area contributed by atoms with Crippen molar-refractivity contribution in [1.82, 2.24) is 0 Å². The van der Waals surface area contributed by atoms with Crippen LogP contribution in [0.3, 0.4) is 0 Å². The minimum atomic E-state index is -0.142. The van der Waals surface area contributed by atoms with Crippen molar-refractivity contribution in [2.75, 3.05) is 20.3 Å². The number of para-hydroxylation sites is 1. The van der Waals surface area contributed by atoms with Crippen molar-refractivity contribution in [2.24, 2.45) is 5.92 Å². The lowest BCUT2D eigenvalue weighted by molar-refractivity contribution is 0.139. The smallest absolute Gasteiger partial charge is 0.122 e. The maximum Gasteiger partial charge on any atom is 0.122 e. The molecule has 0 aromatic heterocycles. The van der Waals surface area contributed by atoms with Gasteiger partial charge in [0.1, 0.15) is 12.4 Å². The van der Waals surface area contributed by atoms with Crippen LogP contribution in [-0.2, 0) is 11.2 Å². The molecule has 1 fully saturated rings. The van der Waals surface area contributed by atoms with E-state index in [9.17, 15) is 5.11 Å². The Labute approximate surface area is 109 Å². The van der Waals surface area contributed by atoms with Crippen molar-refractivity contribution in [3.8, 4) is 5.75 Å². The van der Waals surface area contributed by atoms with Crippen LogP contribution < -0.4 is 4.74 Å². The van der Waals surface area contributed by atoms with Crippen LogP contribution in [0, 0.1) is 5.92 Å². The summed E-state index contributed by atoms with van der Waals surface area (Å²) < 4.78 is 10.7. The Morgan fingerprint density at radius 2 is 2.06 bits per heavy atom. The highest BCUT2D eigenvalue weighted by molar-refractivity contribution is 5.33. The summed E-state index contributed by atoms with van der Waals surface area (Å²) in [7, 11) is 1.67. The van der Waals surface area contributed by atoms with Crippen LogP contribution in [0.15, 0.2) is 24.3 Å². The predicted molar refractivity (Wildman–Crippen MR) is 70.9 cm³/mol. The third-order valence-electron chi connectivity index (χ3n) is 3.39. The molecule has 0 heterocycles. The van der Waals surface area contributed by atoms with Crippen LogP contribution in [0.4, 0.5) is 0 Å². The van der Waals surface area contributed by atoms with Crippen LogP contribution in [0.1, 0.15) is 24.8 Å². The highest BCUT2D eigenvalue weighted by Crippen LogP contribution is 2.34. The maximum atomic E-state index is 9.89. The summed E-state index contributed by atoms with van der Waals surface area (Å²) in [5.74, 6) is 1.46. The molecule has 0 amide bonds. The summed E-state index contributed by atoms with van der Waals surface area (Å²) in [6, 6.07) is 8.04. The monoisotopic (exact) mass is 250 g/mol. The number of rotatable bonds is 8. The zero-order chi connectivity index (χ0) is 12.8. The van der Waals surface area contributed by atoms with Gasteiger partial charge in [0, 0.05) is 7.11 Å². The molecule has 18 heavy (non-hydrogen) atoms. The van der Waals surface area contributed by atoms with Crippen molar-refractivity contribution in [2.45, 2.75) is 31.8 Å². The molecule has 1 unspecified atom stereocenters. The van der Waals surface area contributed by atoms with Crippen LogP contribution in [0.5, 0.6) is 5.75 Å². The molecule has 1 aromatic rings. The highest BCUT2D eigenvalue weighted by Gasteiger charge is 2.29. The number of hydrogen-bond acceptors (Lipinski definition) is 3. The van der Waals surface area contributed by atoms with Crippen molar-refractivity contribution in [3.05, 3.63) is 29.8 Å². The van der Waals surface area contributed by atoms with E-state index in [1.807, 2.05) is 18.2 Å². The van der Waals surface area contributed by atoms with Gasteiger partial charge in [0.25, 0.3) is 0 Å². The van der Waals surface area contributed by atoms with E-state index in [1.54, 1.807) is 7.11 Å². The molecule has 1 atom stereocenters. The summed E-state index contributed by atoms with van der Waals surface area (Å²) in [4.78, 5) is 0. The summed E-state index contributed by atoms with van der Waals surface area (Å²) >= 11 is 0. The Morgan fingerprint density at radius 1 is 1.28 bits per heavy atom. The molecule has 3 nitrogen and oxygen atoms in total. The number of aryl methyl sites for hydroxylation is 1. The van der Waals surface area contributed by atoms with E-state index in [2.05, 4.69) is 6.07 Å². The maximum absolute atomic E-state index is 9.89. The SMILES string of the molecule is COCCOc1ccccc1CCC(O)C1CC1. The van der Waals surface area contributed by atoms with Gasteiger partial charge in [-0.1, -0.05) is 18.2 Å². The Hall–Kier alpha value is -1.06. The van der Waals surface area contributed by atoms with Crippen molar-refractivity contribution in [1.29, 1.82) is 0 Å². The van der Waals surface area contributed by atoms with E-state index in [0.29, 0.717) is 19.1 Å². The molecule has 0 aliphatic heterocycles. The fourth-order valence-electron chi connectivity index (χ4n) is 2.11. The molecular formula is C15H22O3. The van der Waals surface area contributed by atoms with Gasteiger partial charge in [-0.15, -0.1) is 0 Å². The lowest BCUT2D eigenvalue weighted by atomic mass is 10.0. The van der Waals surface area contributed by atoms with E-state index in [1.165, 1.54) is 18.4 Å². The molecule has 3 heteroatoms. The Bertz CT molecular complexity index is 361. The average molecular weight is 250 g/mol. The highest BCUT2D eigenvalue weighted by atomic mass is 16.5. The third kappa shape index (κ3) is 4.00. The molecule has 1 aromatic carbocycles. The molecule has 0 spiro atoms. The van der Waals surface area contributed by atoms with Gasteiger partial charge >= 0.3 is 0 Å². The minimum Gasteiger partial charge on any atom is -0.491 e. The van der Waals surface area contributed by atoms with Gasteiger partial charge in [-0.05, 0) is 43.2 Å². The zero-order valence-electron chi connectivity index (χ0n) is 11.0. The van der Waals surface area contributed by atoms with Crippen molar-refractivity contribution >= 4 is 0 Å². The second-order valence-corrected chi connectivity index (χ2v) is 4.89. The molecule has 2 rings (SSSR count). The van der Waals surface area contributed by atoms with Crippen LogP contribution in [-0.4, -0.2) is 31.5 Å². The van der Waals surface area contributed by atoms with E-state index in [0.717, 1.165) is 18.6 Å². The van der Waals surface area contributed by atoms with E-state index in [-0.39, 0.29) is 6.10 Å². The predicted octanol–water partition coefficient (Wildman–Crippen LogP) is 2.42. The molecule has 1 aliphatic rings. The van der Waals surface area contributed by atoms with E-state index in [4.69, 9.17) is 9.47 Å². The number of ether oxygens (including phenoxy) is 2. The molecule has 0 saturated heterocycles. The van der Waals surface area contributed by atoms with E-state index < -0.39 is 0 Å². The largest absolute Gasteiger partial charge is 0.491 e. The normalized spacial score (nSPS) is 16.6. The van der Waals surface area contributed by atoms with Gasteiger partial charge in [-0.2, -0.15) is 0 Å². The van der Waals surface area contributed by atoms with E-state index >= 15 is 0 Å². The quantitative estimate of drug-likeness (QED) is 0.720.